The van der Waals surface area contributed by atoms with Crippen molar-refractivity contribution in [3.05, 3.63) is 83.3 Å². The smallest absolute Gasteiger partial charge is 0.221 e. The molecule has 0 saturated carbocycles. The summed E-state index contributed by atoms with van der Waals surface area (Å²) in [6.07, 6.45) is 7.67. The maximum absolute atomic E-state index is 11.3. The lowest BCUT2D eigenvalue weighted by molar-refractivity contribution is -0.114. The molecule has 0 atom stereocenters. The Kier molecular flexibility index (Phi) is 6.97. The molecule has 178 valence electrons. The van der Waals surface area contributed by atoms with Gasteiger partial charge in [0.25, 0.3) is 0 Å². The number of rotatable bonds is 6. The van der Waals surface area contributed by atoms with Crippen LogP contribution < -0.4 is 5.32 Å². The van der Waals surface area contributed by atoms with Crippen LogP contribution in [0.15, 0.2) is 67.1 Å². The zero-order chi connectivity index (χ0) is 24.2. The number of pyridine rings is 1. The van der Waals surface area contributed by atoms with Gasteiger partial charge in [-0.05, 0) is 62.7 Å². The molecule has 1 aliphatic rings. The molecular weight excluding hydrogens is 454 g/mol. The molecule has 1 N–H and O–H groups in total. The third-order valence-electron chi connectivity index (χ3n) is 6.40. The van der Waals surface area contributed by atoms with Crippen LogP contribution in [-0.4, -0.2) is 38.8 Å². The maximum Gasteiger partial charge on any atom is 0.221 e. The molecule has 0 spiro atoms. The number of carbonyl (C=O) groups is 1. The predicted octanol–water partition coefficient (Wildman–Crippen LogP) is 5.91. The fourth-order valence-electron chi connectivity index (χ4n) is 4.67. The molecule has 1 saturated heterocycles. The number of nitrogens with one attached hydrogen (secondary N) is 1. The number of anilines is 1. The summed E-state index contributed by atoms with van der Waals surface area (Å²) in [5.41, 5.74) is 5.66. The predicted molar refractivity (Wildman–Crippen MR) is 141 cm³/mol. The fraction of sp³-hybridized carbons (Fsp3) is 0.286. The van der Waals surface area contributed by atoms with Gasteiger partial charge in [0.05, 0.1) is 10.7 Å². The van der Waals surface area contributed by atoms with Gasteiger partial charge in [-0.25, -0.2) is 9.97 Å². The number of piperidine rings is 1. The molecule has 1 aliphatic heterocycles. The van der Waals surface area contributed by atoms with E-state index in [1.807, 2.05) is 24.4 Å². The number of carbonyl (C=O) groups excluding carboxylic acids is 1. The summed E-state index contributed by atoms with van der Waals surface area (Å²) in [6, 6.07) is 16.6. The number of hydrogen-bond acceptors (Lipinski definition) is 6. The van der Waals surface area contributed by atoms with Crippen LogP contribution in [0.25, 0.3) is 22.5 Å². The van der Waals surface area contributed by atoms with Crippen molar-refractivity contribution < 1.29 is 4.79 Å². The molecule has 1 fully saturated rings. The zero-order valence-corrected chi connectivity index (χ0v) is 20.9. The first-order chi connectivity index (χ1) is 17.0. The Morgan fingerprint density at radius 3 is 2.63 bits per heavy atom. The van der Waals surface area contributed by atoms with E-state index in [1.165, 1.54) is 16.0 Å². The van der Waals surface area contributed by atoms with Gasteiger partial charge >= 0.3 is 0 Å². The Morgan fingerprint density at radius 1 is 1.09 bits per heavy atom. The number of thiophene rings is 1. The molecule has 1 amide bonds. The van der Waals surface area contributed by atoms with Crippen LogP contribution in [0.1, 0.15) is 41.8 Å². The molecule has 7 heteroatoms. The summed E-state index contributed by atoms with van der Waals surface area (Å²) >= 11 is 1.65. The summed E-state index contributed by atoms with van der Waals surface area (Å²) in [4.78, 5) is 29.1. The van der Waals surface area contributed by atoms with Crippen LogP contribution in [0, 0.1) is 6.92 Å². The molecule has 0 radical (unpaired) electrons. The SMILES string of the molecule is CC(=O)Nc1ccc(CN2CCC(c3nc(-c4ccncc4)ncc3-c3cccc(C)c3)CC2)s1. The second-order valence-electron chi connectivity index (χ2n) is 9.10. The van der Waals surface area contributed by atoms with Gasteiger partial charge in [0, 0.05) is 54.0 Å². The quantitative estimate of drug-likeness (QED) is 0.369. The van der Waals surface area contributed by atoms with Gasteiger partial charge < -0.3 is 5.32 Å². The topological polar surface area (TPSA) is 71.0 Å². The van der Waals surface area contributed by atoms with Crippen LogP contribution in [0.5, 0.6) is 0 Å². The van der Waals surface area contributed by atoms with Gasteiger partial charge in [0.1, 0.15) is 0 Å². The second kappa shape index (κ2) is 10.5. The molecule has 4 aromatic rings. The van der Waals surface area contributed by atoms with E-state index in [0.29, 0.717) is 5.92 Å². The molecular formula is C28H29N5OS. The molecule has 6 nitrogen and oxygen atoms in total. The van der Waals surface area contributed by atoms with E-state index >= 15 is 0 Å². The maximum atomic E-state index is 11.3. The third kappa shape index (κ3) is 5.63. The first-order valence-electron chi connectivity index (χ1n) is 12.0. The average Bonchev–Trinajstić information content (AvgIpc) is 3.30. The molecule has 1 aromatic carbocycles. The van der Waals surface area contributed by atoms with E-state index in [9.17, 15) is 4.79 Å². The summed E-state index contributed by atoms with van der Waals surface area (Å²) in [5.74, 6) is 1.11. The lowest BCUT2D eigenvalue weighted by Gasteiger charge is -2.32. The Morgan fingerprint density at radius 2 is 1.89 bits per heavy atom. The van der Waals surface area contributed by atoms with E-state index in [1.54, 1.807) is 30.7 Å². The minimum Gasteiger partial charge on any atom is -0.318 e. The van der Waals surface area contributed by atoms with Crippen molar-refractivity contribution in [3.63, 3.8) is 0 Å². The van der Waals surface area contributed by atoms with E-state index in [4.69, 9.17) is 9.97 Å². The standard InChI is InChI=1S/C28H29N5OS/c1-19-4-3-5-23(16-19)25-17-30-28(22-8-12-29-13-9-22)32-27(25)21-10-14-33(15-11-21)18-24-6-7-26(35-24)31-20(2)34/h3-9,12-13,16-17,21H,10-11,14-15,18H2,1-2H3,(H,31,34). The summed E-state index contributed by atoms with van der Waals surface area (Å²) < 4.78 is 0. The first-order valence-corrected chi connectivity index (χ1v) is 12.8. The number of benzene rings is 1. The molecule has 35 heavy (non-hydrogen) atoms. The lowest BCUT2D eigenvalue weighted by atomic mass is 9.88. The van der Waals surface area contributed by atoms with E-state index in [0.717, 1.165) is 60.1 Å². The lowest BCUT2D eigenvalue weighted by Crippen LogP contribution is -2.32. The summed E-state index contributed by atoms with van der Waals surface area (Å²) in [6.45, 7) is 6.60. The van der Waals surface area contributed by atoms with Gasteiger partial charge in [-0.2, -0.15) is 0 Å². The first kappa shape index (κ1) is 23.3. The average molecular weight is 484 g/mol. The molecule has 0 bridgehead atoms. The zero-order valence-electron chi connectivity index (χ0n) is 20.1. The van der Waals surface area contributed by atoms with E-state index in [2.05, 4.69) is 52.5 Å². The molecule has 0 unspecified atom stereocenters. The number of nitrogens with zero attached hydrogens (tertiary/aromatic N) is 4. The van der Waals surface area contributed by atoms with Crippen molar-refractivity contribution in [2.45, 2.75) is 39.2 Å². The molecule has 0 aliphatic carbocycles. The van der Waals surface area contributed by atoms with Crippen molar-refractivity contribution in [1.29, 1.82) is 0 Å². The Hall–Kier alpha value is -3.42. The second-order valence-corrected chi connectivity index (χ2v) is 10.3. The van der Waals surface area contributed by atoms with Gasteiger partial charge in [-0.3, -0.25) is 14.7 Å². The van der Waals surface area contributed by atoms with Crippen molar-refractivity contribution in [2.75, 3.05) is 18.4 Å². The number of amides is 1. The number of likely N-dealkylation sites (tertiary alicyclic amines) is 1. The van der Waals surface area contributed by atoms with Gasteiger partial charge in [-0.15, -0.1) is 11.3 Å². The highest BCUT2D eigenvalue weighted by molar-refractivity contribution is 7.16. The minimum atomic E-state index is -0.0281. The van der Waals surface area contributed by atoms with Crippen LogP contribution in [-0.2, 0) is 11.3 Å². The fourth-order valence-corrected chi connectivity index (χ4v) is 5.67. The number of aryl methyl sites for hydroxylation is 1. The largest absolute Gasteiger partial charge is 0.318 e. The summed E-state index contributed by atoms with van der Waals surface area (Å²) in [5, 5.41) is 3.79. The monoisotopic (exact) mass is 483 g/mol. The normalized spacial score (nSPS) is 14.7. The van der Waals surface area contributed by atoms with Crippen molar-refractivity contribution in [3.8, 4) is 22.5 Å². The highest BCUT2D eigenvalue weighted by atomic mass is 32.1. The molecule has 3 aromatic heterocycles. The highest BCUT2D eigenvalue weighted by Crippen LogP contribution is 2.36. The molecule has 4 heterocycles. The van der Waals surface area contributed by atoms with Crippen LogP contribution in [0.3, 0.4) is 0 Å². The molecule has 5 rings (SSSR count). The highest BCUT2D eigenvalue weighted by Gasteiger charge is 2.25. The van der Waals surface area contributed by atoms with Crippen LogP contribution in [0.4, 0.5) is 5.00 Å². The number of aromatic nitrogens is 3. The van der Waals surface area contributed by atoms with Gasteiger partial charge in [-0.1, -0.05) is 29.8 Å². The van der Waals surface area contributed by atoms with Crippen molar-refractivity contribution >= 4 is 22.2 Å². The van der Waals surface area contributed by atoms with Crippen LogP contribution >= 0.6 is 11.3 Å². The Labute approximate surface area is 210 Å². The van der Waals surface area contributed by atoms with Crippen molar-refractivity contribution in [2.24, 2.45) is 0 Å². The van der Waals surface area contributed by atoms with Gasteiger partial charge in [0.2, 0.25) is 5.91 Å². The number of hydrogen-bond donors (Lipinski definition) is 1. The summed E-state index contributed by atoms with van der Waals surface area (Å²) in [7, 11) is 0. The van der Waals surface area contributed by atoms with Crippen molar-refractivity contribution in [1.82, 2.24) is 19.9 Å². The minimum absolute atomic E-state index is 0.0281. The third-order valence-corrected chi connectivity index (χ3v) is 7.39. The Balaban J connectivity index is 1.36. The van der Waals surface area contributed by atoms with Gasteiger partial charge in [0.15, 0.2) is 5.82 Å². The van der Waals surface area contributed by atoms with E-state index in [-0.39, 0.29) is 5.91 Å². The Bertz CT molecular complexity index is 1310. The van der Waals surface area contributed by atoms with E-state index < -0.39 is 0 Å². The van der Waals surface area contributed by atoms with Crippen LogP contribution in [0.2, 0.25) is 0 Å².